The highest BCUT2D eigenvalue weighted by Crippen LogP contribution is 2.26. The van der Waals surface area contributed by atoms with Crippen LogP contribution < -0.4 is 5.32 Å². The SMILES string of the molecule is Cc1cc(C(C)NCc2nc[nH]c2C)c(C)s1. The third-order valence-electron chi connectivity index (χ3n) is 3.06. The van der Waals surface area contributed by atoms with Crippen LogP contribution in [0.15, 0.2) is 12.4 Å². The van der Waals surface area contributed by atoms with Gasteiger partial charge in [-0.2, -0.15) is 0 Å². The van der Waals surface area contributed by atoms with E-state index in [4.69, 9.17) is 0 Å². The molecular weight excluding hydrogens is 230 g/mol. The third-order valence-corrected chi connectivity index (χ3v) is 4.04. The van der Waals surface area contributed by atoms with Crippen LogP contribution in [0.3, 0.4) is 0 Å². The van der Waals surface area contributed by atoms with E-state index in [0.717, 1.165) is 17.9 Å². The molecule has 2 aromatic rings. The number of thiophene rings is 1. The maximum absolute atomic E-state index is 4.29. The summed E-state index contributed by atoms with van der Waals surface area (Å²) in [5.74, 6) is 0. The first-order chi connectivity index (χ1) is 8.08. The highest BCUT2D eigenvalue weighted by Gasteiger charge is 2.11. The lowest BCUT2D eigenvalue weighted by molar-refractivity contribution is 0.567. The number of imidazole rings is 1. The molecule has 2 rings (SSSR count). The average Bonchev–Trinajstić information content (AvgIpc) is 2.81. The number of aromatic nitrogens is 2. The number of nitrogens with one attached hydrogen (secondary N) is 2. The minimum absolute atomic E-state index is 0.371. The lowest BCUT2D eigenvalue weighted by atomic mass is 10.1. The van der Waals surface area contributed by atoms with Crippen molar-refractivity contribution in [3.05, 3.63) is 39.1 Å². The molecule has 2 aromatic heterocycles. The summed E-state index contributed by atoms with van der Waals surface area (Å²) in [6.45, 7) is 9.41. The zero-order chi connectivity index (χ0) is 12.4. The average molecular weight is 249 g/mol. The number of aryl methyl sites for hydroxylation is 3. The summed E-state index contributed by atoms with van der Waals surface area (Å²) in [6.07, 6.45) is 1.75. The molecule has 0 aliphatic rings. The van der Waals surface area contributed by atoms with E-state index in [0.29, 0.717) is 6.04 Å². The van der Waals surface area contributed by atoms with Crippen LogP contribution in [0.2, 0.25) is 0 Å². The molecule has 0 bridgehead atoms. The summed E-state index contributed by atoms with van der Waals surface area (Å²) >= 11 is 1.86. The first kappa shape index (κ1) is 12.3. The van der Waals surface area contributed by atoms with Crippen LogP contribution in [0, 0.1) is 20.8 Å². The van der Waals surface area contributed by atoms with Crippen LogP contribution >= 0.6 is 11.3 Å². The lowest BCUT2D eigenvalue weighted by Gasteiger charge is -2.13. The standard InChI is InChI=1S/C13H19N3S/c1-8-5-12(11(4)17-8)9(2)14-6-13-10(3)15-7-16-13/h5,7,9,14H,6H2,1-4H3,(H,15,16). The summed E-state index contributed by atoms with van der Waals surface area (Å²) < 4.78 is 0. The molecule has 0 aromatic carbocycles. The van der Waals surface area contributed by atoms with E-state index >= 15 is 0 Å². The molecule has 1 unspecified atom stereocenters. The Morgan fingerprint density at radius 2 is 2.18 bits per heavy atom. The highest BCUT2D eigenvalue weighted by atomic mass is 32.1. The number of H-pyrrole nitrogens is 1. The van der Waals surface area contributed by atoms with Gasteiger partial charge in [0.25, 0.3) is 0 Å². The Kier molecular flexibility index (Phi) is 3.64. The van der Waals surface area contributed by atoms with Crippen molar-refractivity contribution in [1.82, 2.24) is 15.3 Å². The maximum Gasteiger partial charge on any atom is 0.0925 e. The van der Waals surface area contributed by atoms with Crippen LogP contribution in [0.5, 0.6) is 0 Å². The molecule has 0 radical (unpaired) electrons. The predicted molar refractivity (Wildman–Crippen MR) is 72.4 cm³/mol. The van der Waals surface area contributed by atoms with E-state index in [2.05, 4.69) is 49.0 Å². The van der Waals surface area contributed by atoms with Crippen molar-refractivity contribution in [2.45, 2.75) is 40.3 Å². The van der Waals surface area contributed by atoms with E-state index < -0.39 is 0 Å². The van der Waals surface area contributed by atoms with Gasteiger partial charge in [-0.1, -0.05) is 0 Å². The number of hydrogen-bond donors (Lipinski definition) is 2. The molecule has 0 spiro atoms. The Hall–Kier alpha value is -1.13. The molecule has 2 N–H and O–H groups in total. The van der Waals surface area contributed by atoms with Crippen LogP contribution in [0.1, 0.15) is 39.7 Å². The second kappa shape index (κ2) is 5.02. The summed E-state index contributed by atoms with van der Waals surface area (Å²) in [7, 11) is 0. The summed E-state index contributed by atoms with van der Waals surface area (Å²) in [6, 6.07) is 2.64. The quantitative estimate of drug-likeness (QED) is 0.873. The lowest BCUT2D eigenvalue weighted by Crippen LogP contribution is -2.18. The summed E-state index contributed by atoms with van der Waals surface area (Å²) in [5, 5.41) is 3.52. The normalized spacial score (nSPS) is 12.9. The molecule has 0 aliphatic carbocycles. The second-order valence-electron chi connectivity index (χ2n) is 4.45. The zero-order valence-electron chi connectivity index (χ0n) is 10.8. The van der Waals surface area contributed by atoms with Crippen molar-refractivity contribution in [2.75, 3.05) is 0 Å². The van der Waals surface area contributed by atoms with Crippen molar-refractivity contribution < 1.29 is 0 Å². The highest BCUT2D eigenvalue weighted by molar-refractivity contribution is 7.12. The second-order valence-corrected chi connectivity index (χ2v) is 5.91. The van der Waals surface area contributed by atoms with Crippen molar-refractivity contribution >= 4 is 11.3 Å². The van der Waals surface area contributed by atoms with Crippen LogP contribution in [0.4, 0.5) is 0 Å². The minimum Gasteiger partial charge on any atom is -0.348 e. The molecule has 3 nitrogen and oxygen atoms in total. The molecule has 2 heterocycles. The predicted octanol–water partition coefficient (Wildman–Crippen LogP) is 3.25. The summed E-state index contributed by atoms with van der Waals surface area (Å²) in [5.41, 5.74) is 3.64. The van der Waals surface area contributed by atoms with E-state index in [9.17, 15) is 0 Å². The van der Waals surface area contributed by atoms with Crippen LogP contribution in [0.25, 0.3) is 0 Å². The van der Waals surface area contributed by atoms with Crippen LogP contribution in [-0.2, 0) is 6.54 Å². The molecule has 17 heavy (non-hydrogen) atoms. The molecule has 0 aliphatic heterocycles. The van der Waals surface area contributed by atoms with Gasteiger partial charge in [-0.05, 0) is 39.3 Å². The first-order valence-corrected chi connectivity index (χ1v) is 6.68. The monoisotopic (exact) mass is 249 g/mol. The Morgan fingerprint density at radius 1 is 1.41 bits per heavy atom. The van der Waals surface area contributed by atoms with Gasteiger partial charge in [0.1, 0.15) is 0 Å². The van der Waals surface area contributed by atoms with Gasteiger partial charge in [-0.15, -0.1) is 11.3 Å². The molecule has 0 fully saturated rings. The number of rotatable bonds is 4. The zero-order valence-corrected chi connectivity index (χ0v) is 11.6. The van der Waals surface area contributed by atoms with Crippen molar-refractivity contribution in [2.24, 2.45) is 0 Å². The summed E-state index contributed by atoms with van der Waals surface area (Å²) in [4.78, 5) is 10.2. The van der Waals surface area contributed by atoms with Gasteiger partial charge < -0.3 is 10.3 Å². The Labute approximate surface area is 106 Å². The van der Waals surface area contributed by atoms with E-state index in [-0.39, 0.29) is 0 Å². The van der Waals surface area contributed by atoms with Gasteiger partial charge in [-0.3, -0.25) is 0 Å². The fourth-order valence-corrected chi connectivity index (χ4v) is 3.03. The molecular formula is C13H19N3S. The minimum atomic E-state index is 0.371. The largest absolute Gasteiger partial charge is 0.348 e. The molecule has 0 amide bonds. The number of aromatic amines is 1. The Bertz CT molecular complexity index is 498. The van der Waals surface area contributed by atoms with Crippen molar-refractivity contribution in [3.8, 4) is 0 Å². The molecule has 1 atom stereocenters. The van der Waals surface area contributed by atoms with E-state index in [1.807, 2.05) is 11.3 Å². The molecule has 0 saturated heterocycles. The Balaban J connectivity index is 2.00. The van der Waals surface area contributed by atoms with E-state index in [1.165, 1.54) is 15.3 Å². The van der Waals surface area contributed by atoms with Crippen LogP contribution in [-0.4, -0.2) is 9.97 Å². The smallest absolute Gasteiger partial charge is 0.0925 e. The third kappa shape index (κ3) is 2.76. The van der Waals surface area contributed by atoms with Crippen molar-refractivity contribution in [1.29, 1.82) is 0 Å². The fourth-order valence-electron chi connectivity index (χ4n) is 2.01. The number of nitrogens with zero attached hydrogens (tertiary/aromatic N) is 1. The van der Waals surface area contributed by atoms with Gasteiger partial charge in [-0.25, -0.2) is 4.98 Å². The molecule has 92 valence electrons. The maximum atomic E-state index is 4.29. The van der Waals surface area contributed by atoms with E-state index in [1.54, 1.807) is 6.33 Å². The number of hydrogen-bond acceptors (Lipinski definition) is 3. The topological polar surface area (TPSA) is 40.7 Å². The molecule has 4 heteroatoms. The van der Waals surface area contributed by atoms with Gasteiger partial charge >= 0.3 is 0 Å². The van der Waals surface area contributed by atoms with Gasteiger partial charge in [0.15, 0.2) is 0 Å². The van der Waals surface area contributed by atoms with Gasteiger partial charge in [0.2, 0.25) is 0 Å². The van der Waals surface area contributed by atoms with Gasteiger partial charge in [0.05, 0.1) is 12.0 Å². The molecule has 0 saturated carbocycles. The van der Waals surface area contributed by atoms with Gasteiger partial charge in [0, 0.05) is 28.0 Å². The van der Waals surface area contributed by atoms with Crippen molar-refractivity contribution in [3.63, 3.8) is 0 Å². The fraction of sp³-hybridized carbons (Fsp3) is 0.462. The first-order valence-electron chi connectivity index (χ1n) is 5.87. The Morgan fingerprint density at radius 3 is 2.71 bits per heavy atom.